The van der Waals surface area contributed by atoms with Crippen molar-refractivity contribution in [3.63, 3.8) is 0 Å². The highest BCUT2D eigenvalue weighted by Crippen LogP contribution is 2.35. The van der Waals surface area contributed by atoms with Crippen LogP contribution >= 0.6 is 11.8 Å². The summed E-state index contributed by atoms with van der Waals surface area (Å²) in [6.45, 7) is 0.106. The molecule has 13 heteroatoms. The molecule has 1 aliphatic heterocycles. The Morgan fingerprint density at radius 3 is 2.55 bits per heavy atom. The smallest absolute Gasteiger partial charge is 0.448 e. The molecular formula is C31H26F3N5O4S. The molecule has 6 rings (SSSR count). The molecule has 0 spiro atoms. The number of amides is 2. The number of fused-ring (bicyclic) bond motifs is 1. The van der Waals surface area contributed by atoms with Gasteiger partial charge >= 0.3 is 12.5 Å². The number of anilines is 1. The Balaban J connectivity index is 1.04. The Bertz CT molecular complexity index is 1700. The number of rotatable bonds is 7. The van der Waals surface area contributed by atoms with Gasteiger partial charge in [0.1, 0.15) is 12.1 Å². The number of hydrogen-bond donors (Lipinski definition) is 0. The first-order valence-electron chi connectivity index (χ1n) is 13.9. The highest BCUT2D eigenvalue weighted by molar-refractivity contribution is 8.15. The highest BCUT2D eigenvalue weighted by Gasteiger charge is 2.33. The first-order valence-corrected chi connectivity index (χ1v) is 14.9. The molecule has 2 amide bonds. The zero-order valence-corrected chi connectivity index (χ0v) is 24.1. The van der Waals surface area contributed by atoms with Crippen molar-refractivity contribution in [2.24, 2.45) is 4.99 Å². The maximum atomic E-state index is 12.7. The Labute approximate surface area is 254 Å². The molecule has 0 N–H and O–H groups in total. The van der Waals surface area contributed by atoms with Gasteiger partial charge in [-0.2, -0.15) is 4.99 Å². The second-order valence-electron chi connectivity index (χ2n) is 10.1. The Hall–Kier alpha value is -4.65. The van der Waals surface area contributed by atoms with Gasteiger partial charge in [-0.25, -0.2) is 14.5 Å². The van der Waals surface area contributed by atoms with Crippen LogP contribution in [0.25, 0.3) is 17.1 Å². The minimum Gasteiger partial charge on any atom is -0.448 e. The van der Waals surface area contributed by atoms with E-state index >= 15 is 0 Å². The number of carbonyl (C=O) groups excluding carboxylic acids is 2. The third-order valence-electron chi connectivity index (χ3n) is 7.22. The van der Waals surface area contributed by atoms with Crippen molar-refractivity contribution in [2.75, 3.05) is 17.3 Å². The van der Waals surface area contributed by atoms with Gasteiger partial charge in [-0.1, -0.05) is 48.2 Å². The summed E-state index contributed by atoms with van der Waals surface area (Å²) in [6.07, 6.45) is 0.477. The number of thioether (sulfide) groups is 1. The second kappa shape index (κ2) is 12.5. The number of benzene rings is 3. The van der Waals surface area contributed by atoms with E-state index in [9.17, 15) is 22.8 Å². The normalized spacial score (nSPS) is 15.8. The van der Waals surface area contributed by atoms with Gasteiger partial charge in [0.15, 0.2) is 11.0 Å². The third kappa shape index (κ3) is 6.77. The standard InChI is InChI=1S/C31H26F3N5O4S/c32-31(33,34)43-24-14-12-23(13-15-24)38-19-35-28(37-38)22-10-8-20(9-11-22)16-17-42-30(41)36-29-39(27(40)18-44-29)26-7-3-5-21-4-1-2-6-25(21)26/h3,5,7-15,19H,1-2,4,6,16-18H2. The predicted octanol–water partition coefficient (Wildman–Crippen LogP) is 6.53. The summed E-state index contributed by atoms with van der Waals surface area (Å²) in [6, 6.07) is 18.6. The van der Waals surface area contributed by atoms with Gasteiger partial charge in [0, 0.05) is 12.0 Å². The molecule has 2 heterocycles. The third-order valence-corrected chi connectivity index (χ3v) is 8.14. The zero-order chi connectivity index (χ0) is 30.7. The Morgan fingerprint density at radius 1 is 1.00 bits per heavy atom. The molecule has 2 aliphatic rings. The van der Waals surface area contributed by atoms with E-state index in [4.69, 9.17) is 4.74 Å². The van der Waals surface area contributed by atoms with Gasteiger partial charge in [0.05, 0.1) is 23.7 Å². The monoisotopic (exact) mass is 621 g/mol. The van der Waals surface area contributed by atoms with E-state index < -0.39 is 12.5 Å². The van der Waals surface area contributed by atoms with E-state index in [-0.39, 0.29) is 24.0 Å². The summed E-state index contributed by atoms with van der Waals surface area (Å²) < 4.78 is 47.9. The molecule has 0 radical (unpaired) electrons. The molecule has 0 atom stereocenters. The fraction of sp³-hybridized carbons (Fsp3) is 0.258. The molecule has 1 aliphatic carbocycles. The molecule has 44 heavy (non-hydrogen) atoms. The number of aromatic nitrogens is 3. The summed E-state index contributed by atoms with van der Waals surface area (Å²) in [7, 11) is 0. The lowest BCUT2D eigenvalue weighted by molar-refractivity contribution is -0.274. The van der Waals surface area contributed by atoms with Crippen LogP contribution < -0.4 is 9.64 Å². The van der Waals surface area contributed by atoms with Gasteiger partial charge in [0.2, 0.25) is 5.91 Å². The number of nitrogens with zero attached hydrogens (tertiary/aromatic N) is 5. The number of carbonyl (C=O) groups is 2. The minimum absolute atomic E-state index is 0.103. The number of aliphatic imine (C=N–C) groups is 1. The lowest BCUT2D eigenvalue weighted by Crippen LogP contribution is -2.31. The van der Waals surface area contributed by atoms with Crippen LogP contribution in [0, 0.1) is 0 Å². The van der Waals surface area contributed by atoms with Gasteiger partial charge in [-0.15, -0.1) is 18.3 Å². The van der Waals surface area contributed by atoms with E-state index in [0.717, 1.165) is 48.1 Å². The lowest BCUT2D eigenvalue weighted by Gasteiger charge is -2.24. The van der Waals surface area contributed by atoms with Crippen LogP contribution in [-0.2, 0) is 28.8 Å². The van der Waals surface area contributed by atoms with E-state index in [1.54, 1.807) is 4.90 Å². The van der Waals surface area contributed by atoms with Crippen LogP contribution in [0.5, 0.6) is 5.75 Å². The summed E-state index contributed by atoms with van der Waals surface area (Å²) in [5.41, 5.74) is 5.36. The molecule has 3 aromatic carbocycles. The van der Waals surface area contributed by atoms with Crippen LogP contribution in [0.15, 0.2) is 78.0 Å². The number of hydrogen-bond acceptors (Lipinski definition) is 7. The molecule has 0 unspecified atom stereocenters. The minimum atomic E-state index is -4.76. The van der Waals surface area contributed by atoms with Gasteiger partial charge in [0.25, 0.3) is 0 Å². The lowest BCUT2D eigenvalue weighted by atomic mass is 9.90. The molecular weight excluding hydrogens is 595 g/mol. The molecule has 0 saturated carbocycles. The number of aryl methyl sites for hydroxylation is 1. The van der Waals surface area contributed by atoms with Crippen molar-refractivity contribution >= 4 is 34.6 Å². The molecule has 9 nitrogen and oxygen atoms in total. The average Bonchev–Trinajstić information content (AvgIpc) is 3.64. The van der Waals surface area contributed by atoms with Crippen LogP contribution in [0.2, 0.25) is 0 Å². The largest absolute Gasteiger partial charge is 0.573 e. The van der Waals surface area contributed by atoms with Crippen LogP contribution in [0.1, 0.15) is 29.5 Å². The maximum Gasteiger partial charge on any atom is 0.573 e. The van der Waals surface area contributed by atoms with Crippen LogP contribution in [0.3, 0.4) is 0 Å². The first-order chi connectivity index (χ1) is 21.2. The van der Waals surface area contributed by atoms with Gasteiger partial charge in [-0.3, -0.25) is 9.69 Å². The van der Waals surface area contributed by atoms with E-state index in [1.807, 2.05) is 36.4 Å². The topological polar surface area (TPSA) is 98.9 Å². The Kier molecular flexibility index (Phi) is 8.38. The van der Waals surface area contributed by atoms with Crippen molar-refractivity contribution in [3.05, 3.63) is 89.7 Å². The number of ether oxygens (including phenoxy) is 2. The molecule has 0 bridgehead atoms. The van der Waals surface area contributed by atoms with Crippen molar-refractivity contribution < 1.29 is 32.2 Å². The van der Waals surface area contributed by atoms with E-state index in [0.29, 0.717) is 23.1 Å². The van der Waals surface area contributed by atoms with Gasteiger partial charge in [-0.05, 0) is 72.7 Å². The summed E-state index contributed by atoms with van der Waals surface area (Å²) in [4.78, 5) is 35.2. The van der Waals surface area contributed by atoms with Crippen LogP contribution in [-0.4, -0.2) is 50.7 Å². The SMILES string of the molecule is O=C(N=C1SCC(=O)N1c1cccc2c1CCCC2)OCCc1ccc(-c2ncn(-c3ccc(OC(F)(F)F)cc3)n2)cc1. The van der Waals surface area contributed by atoms with E-state index in [1.165, 1.54) is 52.6 Å². The summed E-state index contributed by atoms with van der Waals surface area (Å²) >= 11 is 1.23. The molecule has 1 fully saturated rings. The fourth-order valence-corrected chi connectivity index (χ4v) is 6.01. The van der Waals surface area contributed by atoms with Crippen molar-refractivity contribution in [1.29, 1.82) is 0 Å². The molecule has 1 saturated heterocycles. The Morgan fingerprint density at radius 2 is 1.77 bits per heavy atom. The van der Waals surface area contributed by atoms with Crippen LogP contribution in [0.4, 0.5) is 23.7 Å². The molecule has 1 aromatic heterocycles. The quantitative estimate of drug-likeness (QED) is 0.232. The first kappa shape index (κ1) is 29.4. The maximum absolute atomic E-state index is 12.7. The van der Waals surface area contributed by atoms with Crippen molar-refractivity contribution in [3.8, 4) is 22.8 Å². The van der Waals surface area contributed by atoms with Gasteiger partial charge < -0.3 is 9.47 Å². The van der Waals surface area contributed by atoms with E-state index in [2.05, 4.69) is 25.9 Å². The van der Waals surface area contributed by atoms with Crippen molar-refractivity contribution in [1.82, 2.24) is 14.8 Å². The predicted molar refractivity (Wildman–Crippen MR) is 159 cm³/mol. The van der Waals surface area contributed by atoms with Crippen molar-refractivity contribution in [2.45, 2.75) is 38.5 Å². The number of alkyl halides is 3. The summed E-state index contributed by atoms with van der Waals surface area (Å²) in [5, 5.41) is 4.74. The fourth-order valence-electron chi connectivity index (χ4n) is 5.16. The zero-order valence-electron chi connectivity index (χ0n) is 23.3. The number of amidine groups is 1. The molecule has 226 valence electrons. The molecule has 4 aromatic rings. The highest BCUT2D eigenvalue weighted by atomic mass is 32.2. The average molecular weight is 622 g/mol. The second-order valence-corrected chi connectivity index (χ2v) is 11.1. The number of halogens is 3. The summed E-state index contributed by atoms with van der Waals surface area (Å²) in [5.74, 6) is 0.226.